The number of hydrogen-bond acceptors (Lipinski definition) is 4. The first-order chi connectivity index (χ1) is 8.28. The first-order valence-corrected chi connectivity index (χ1v) is 5.23. The number of guanidine groups is 1. The van der Waals surface area contributed by atoms with Gasteiger partial charge in [-0.3, -0.25) is 4.99 Å². The predicted octanol–water partition coefficient (Wildman–Crippen LogP) is 1.72. The smallest absolute Gasteiger partial charge is 0.406 e. The van der Waals surface area contributed by atoms with E-state index in [1.807, 2.05) is 6.92 Å². The number of ether oxygens (including phenoxy) is 1. The van der Waals surface area contributed by atoms with Crippen molar-refractivity contribution in [1.82, 2.24) is 5.32 Å². The summed E-state index contributed by atoms with van der Waals surface area (Å²) in [6, 6.07) is 5.65. The second kappa shape index (κ2) is 4.08. The molecular weight excluding hydrogens is 247 g/mol. The van der Waals surface area contributed by atoms with Gasteiger partial charge >= 0.3 is 6.36 Å². The largest absolute Gasteiger partial charge is 0.573 e. The monoisotopic (exact) mass is 259 g/mol. The van der Waals surface area contributed by atoms with E-state index in [-0.39, 0.29) is 5.75 Å². The Morgan fingerprint density at radius 3 is 2.39 bits per heavy atom. The molecule has 0 amide bonds. The molecule has 98 valence electrons. The van der Waals surface area contributed by atoms with Crippen LogP contribution in [-0.2, 0) is 5.54 Å². The van der Waals surface area contributed by atoms with Crippen LogP contribution < -0.4 is 15.8 Å². The van der Waals surface area contributed by atoms with Crippen LogP contribution in [0.1, 0.15) is 12.5 Å². The third-order valence-corrected chi connectivity index (χ3v) is 2.69. The summed E-state index contributed by atoms with van der Waals surface area (Å²) in [7, 11) is 0. The lowest BCUT2D eigenvalue weighted by Gasteiger charge is -2.24. The Morgan fingerprint density at radius 2 is 1.94 bits per heavy atom. The number of nitrogens with zero attached hydrogens (tertiary/aromatic N) is 1. The molecule has 2 rings (SSSR count). The molecule has 3 N–H and O–H groups in total. The van der Waals surface area contributed by atoms with Gasteiger partial charge in [-0.25, -0.2) is 0 Å². The Hall–Kier alpha value is -1.92. The average Bonchev–Trinajstić information content (AvgIpc) is 2.58. The Morgan fingerprint density at radius 1 is 1.33 bits per heavy atom. The molecule has 1 aromatic rings. The molecule has 1 aromatic carbocycles. The molecule has 0 aliphatic carbocycles. The normalized spacial score (nSPS) is 23.4. The average molecular weight is 259 g/mol. The molecule has 0 bridgehead atoms. The maximum absolute atomic E-state index is 12.0. The van der Waals surface area contributed by atoms with Gasteiger partial charge in [0.1, 0.15) is 5.75 Å². The third kappa shape index (κ3) is 2.66. The predicted molar refractivity (Wildman–Crippen MR) is 60.1 cm³/mol. The SMILES string of the molecule is CC1(c2ccc(OC(F)(F)F)cc2)CN=C(N)N1. The van der Waals surface area contributed by atoms with Crippen LogP contribution in [0.2, 0.25) is 0 Å². The third-order valence-electron chi connectivity index (χ3n) is 2.69. The molecule has 0 spiro atoms. The van der Waals surface area contributed by atoms with Crippen molar-refractivity contribution in [2.75, 3.05) is 6.54 Å². The lowest BCUT2D eigenvalue weighted by Crippen LogP contribution is -2.42. The molecule has 0 fully saturated rings. The molecule has 1 atom stereocenters. The highest BCUT2D eigenvalue weighted by Gasteiger charge is 2.33. The summed E-state index contributed by atoms with van der Waals surface area (Å²) in [4.78, 5) is 4.02. The van der Waals surface area contributed by atoms with Crippen LogP contribution in [0.4, 0.5) is 13.2 Å². The summed E-state index contributed by atoms with van der Waals surface area (Å²) < 4.78 is 39.8. The molecule has 0 aromatic heterocycles. The van der Waals surface area contributed by atoms with Crippen molar-refractivity contribution >= 4 is 5.96 Å². The quantitative estimate of drug-likeness (QED) is 0.850. The molecule has 1 heterocycles. The first-order valence-electron chi connectivity index (χ1n) is 5.23. The van der Waals surface area contributed by atoms with Gasteiger partial charge in [0.25, 0.3) is 0 Å². The van der Waals surface area contributed by atoms with Crippen molar-refractivity contribution in [3.8, 4) is 5.75 Å². The van der Waals surface area contributed by atoms with E-state index in [4.69, 9.17) is 5.73 Å². The van der Waals surface area contributed by atoms with Gasteiger partial charge in [0.2, 0.25) is 0 Å². The van der Waals surface area contributed by atoms with Crippen molar-refractivity contribution in [2.24, 2.45) is 10.7 Å². The summed E-state index contributed by atoms with van der Waals surface area (Å²) in [6.45, 7) is 2.31. The van der Waals surface area contributed by atoms with Crippen LogP contribution in [0.3, 0.4) is 0 Å². The van der Waals surface area contributed by atoms with E-state index in [1.54, 1.807) is 12.1 Å². The van der Waals surface area contributed by atoms with Crippen molar-refractivity contribution in [1.29, 1.82) is 0 Å². The van der Waals surface area contributed by atoms with E-state index in [0.29, 0.717) is 12.5 Å². The van der Waals surface area contributed by atoms with Gasteiger partial charge in [-0.1, -0.05) is 12.1 Å². The number of halogens is 3. The highest BCUT2D eigenvalue weighted by molar-refractivity contribution is 5.81. The van der Waals surface area contributed by atoms with E-state index in [0.717, 1.165) is 5.56 Å². The molecule has 1 unspecified atom stereocenters. The lowest BCUT2D eigenvalue weighted by atomic mass is 9.93. The van der Waals surface area contributed by atoms with Crippen LogP contribution in [0.25, 0.3) is 0 Å². The number of benzene rings is 1. The van der Waals surface area contributed by atoms with Gasteiger partial charge in [-0.15, -0.1) is 13.2 Å². The fourth-order valence-corrected chi connectivity index (χ4v) is 1.79. The van der Waals surface area contributed by atoms with Gasteiger partial charge in [0.05, 0.1) is 12.1 Å². The summed E-state index contributed by atoms with van der Waals surface area (Å²) >= 11 is 0. The van der Waals surface area contributed by atoms with E-state index < -0.39 is 11.9 Å². The van der Waals surface area contributed by atoms with E-state index >= 15 is 0 Å². The summed E-state index contributed by atoms with van der Waals surface area (Å²) in [5, 5.41) is 2.98. The van der Waals surface area contributed by atoms with Crippen LogP contribution in [0.15, 0.2) is 29.3 Å². The summed E-state index contributed by atoms with van der Waals surface area (Å²) in [5.41, 5.74) is 5.83. The fourth-order valence-electron chi connectivity index (χ4n) is 1.79. The van der Waals surface area contributed by atoms with Gasteiger partial charge in [0, 0.05) is 0 Å². The minimum Gasteiger partial charge on any atom is -0.406 e. The Bertz CT molecular complexity index is 469. The second-order valence-electron chi connectivity index (χ2n) is 4.23. The standard InChI is InChI=1S/C11H12F3N3O/c1-10(6-16-9(15)17-10)7-2-4-8(5-3-7)18-11(12,13)14/h2-5H,6H2,1H3,(H3,15,16,17). The number of nitrogens with two attached hydrogens (primary N) is 1. The number of aliphatic imine (C=N–C) groups is 1. The summed E-state index contributed by atoms with van der Waals surface area (Å²) in [5.74, 6) is 0.0786. The molecular formula is C11H12F3N3O. The second-order valence-corrected chi connectivity index (χ2v) is 4.23. The minimum atomic E-state index is -4.68. The molecule has 1 aliphatic heterocycles. The first kappa shape index (κ1) is 12.5. The highest BCUT2D eigenvalue weighted by Crippen LogP contribution is 2.28. The Balaban J connectivity index is 2.13. The van der Waals surface area contributed by atoms with Gasteiger partial charge in [-0.2, -0.15) is 0 Å². The van der Waals surface area contributed by atoms with Gasteiger partial charge < -0.3 is 15.8 Å². The number of hydrogen-bond donors (Lipinski definition) is 2. The number of alkyl halides is 3. The van der Waals surface area contributed by atoms with E-state index in [1.165, 1.54) is 12.1 Å². The minimum absolute atomic E-state index is 0.248. The van der Waals surface area contributed by atoms with Crippen LogP contribution >= 0.6 is 0 Å². The number of rotatable bonds is 2. The maximum Gasteiger partial charge on any atom is 0.573 e. The number of nitrogens with one attached hydrogen (secondary N) is 1. The molecule has 0 saturated heterocycles. The molecule has 1 aliphatic rings. The Labute approximate surface area is 102 Å². The van der Waals surface area contributed by atoms with Crippen LogP contribution in [0.5, 0.6) is 5.75 Å². The van der Waals surface area contributed by atoms with Crippen LogP contribution in [0, 0.1) is 0 Å². The van der Waals surface area contributed by atoms with Crippen LogP contribution in [-0.4, -0.2) is 18.9 Å². The van der Waals surface area contributed by atoms with Crippen molar-refractivity contribution in [3.05, 3.63) is 29.8 Å². The van der Waals surface area contributed by atoms with Crippen molar-refractivity contribution < 1.29 is 17.9 Å². The zero-order valence-electron chi connectivity index (χ0n) is 9.58. The molecule has 0 saturated carbocycles. The van der Waals surface area contributed by atoms with Gasteiger partial charge in [-0.05, 0) is 24.6 Å². The zero-order chi connectivity index (χ0) is 13.4. The highest BCUT2D eigenvalue weighted by atomic mass is 19.4. The van der Waals surface area contributed by atoms with Gasteiger partial charge in [0.15, 0.2) is 5.96 Å². The summed E-state index contributed by atoms with van der Waals surface area (Å²) in [6.07, 6.45) is -4.68. The molecule has 0 radical (unpaired) electrons. The van der Waals surface area contributed by atoms with E-state index in [2.05, 4.69) is 15.0 Å². The zero-order valence-corrected chi connectivity index (χ0v) is 9.58. The topological polar surface area (TPSA) is 59.6 Å². The molecule has 4 nitrogen and oxygen atoms in total. The Kier molecular flexibility index (Phi) is 2.84. The van der Waals surface area contributed by atoms with Crippen molar-refractivity contribution in [3.63, 3.8) is 0 Å². The lowest BCUT2D eigenvalue weighted by molar-refractivity contribution is -0.274. The van der Waals surface area contributed by atoms with Crippen molar-refractivity contribution in [2.45, 2.75) is 18.8 Å². The molecule has 18 heavy (non-hydrogen) atoms. The fraction of sp³-hybridized carbons (Fsp3) is 0.364. The van der Waals surface area contributed by atoms with E-state index in [9.17, 15) is 13.2 Å². The molecule has 7 heteroatoms. The maximum atomic E-state index is 12.0.